The van der Waals surface area contributed by atoms with Gasteiger partial charge in [0.15, 0.2) is 0 Å². The second-order valence-corrected chi connectivity index (χ2v) is 7.54. The molecule has 2 heterocycles. The van der Waals surface area contributed by atoms with E-state index in [9.17, 15) is 13.5 Å². The van der Waals surface area contributed by atoms with Crippen molar-refractivity contribution in [2.75, 3.05) is 13.1 Å². The third-order valence-corrected chi connectivity index (χ3v) is 5.93. The average molecular weight is 329 g/mol. The summed E-state index contributed by atoms with van der Waals surface area (Å²) in [6.07, 6.45) is 2.33. The van der Waals surface area contributed by atoms with E-state index >= 15 is 0 Å². The van der Waals surface area contributed by atoms with E-state index in [1.54, 1.807) is 13.0 Å². The Morgan fingerprint density at radius 3 is 2.67 bits per heavy atom. The number of aromatic nitrogens is 1. The Balaban J connectivity index is 2.26. The molecule has 0 radical (unpaired) electrons. The van der Waals surface area contributed by atoms with Crippen LogP contribution in [-0.2, 0) is 10.0 Å². The predicted molar refractivity (Wildman–Crippen MR) is 83.3 cm³/mol. The molecule has 0 spiro atoms. The van der Waals surface area contributed by atoms with Crippen LogP contribution in [0.25, 0.3) is 0 Å². The van der Waals surface area contributed by atoms with E-state index in [4.69, 9.17) is 18.0 Å². The quantitative estimate of drug-likeness (QED) is 0.781. The summed E-state index contributed by atoms with van der Waals surface area (Å²) in [5, 5.41) is 9.59. The van der Waals surface area contributed by atoms with Gasteiger partial charge in [0.25, 0.3) is 0 Å². The molecule has 0 bridgehead atoms. The normalized spacial score (nSPS) is 19.3. The van der Waals surface area contributed by atoms with Gasteiger partial charge in [-0.25, -0.2) is 8.42 Å². The van der Waals surface area contributed by atoms with Gasteiger partial charge in [0.05, 0.1) is 6.10 Å². The van der Waals surface area contributed by atoms with E-state index in [1.807, 2.05) is 0 Å². The molecule has 2 rings (SSSR count). The fourth-order valence-corrected chi connectivity index (χ4v) is 4.38. The molecule has 1 aromatic heterocycles. The number of nitrogens with zero attached hydrogens (tertiary/aromatic N) is 2. The van der Waals surface area contributed by atoms with Crippen LogP contribution in [0.4, 0.5) is 0 Å². The molecule has 1 atom stereocenters. The molecular formula is C13H19N3O3S2. The highest BCUT2D eigenvalue weighted by Gasteiger charge is 2.32. The molecule has 1 aromatic rings. The van der Waals surface area contributed by atoms with Crippen molar-refractivity contribution in [2.24, 2.45) is 11.7 Å². The van der Waals surface area contributed by atoms with Crippen molar-refractivity contribution >= 4 is 27.2 Å². The number of hydrogen-bond donors (Lipinski definition) is 2. The van der Waals surface area contributed by atoms with Gasteiger partial charge in [0.2, 0.25) is 10.0 Å². The molecule has 3 N–H and O–H groups in total. The number of thiocarbonyl (C=S) groups is 1. The summed E-state index contributed by atoms with van der Waals surface area (Å²) in [4.78, 5) is 3.99. The molecule has 1 aliphatic heterocycles. The SMILES string of the molecule is CC(O)C1CCN(S(=O)(=O)c2cccnc2C(N)=S)CC1. The molecule has 0 saturated carbocycles. The lowest BCUT2D eigenvalue weighted by atomic mass is 9.93. The van der Waals surface area contributed by atoms with E-state index in [0.29, 0.717) is 25.9 Å². The standard InChI is InChI=1S/C13H19N3O3S2/c1-9(17)10-4-7-16(8-5-10)21(18,19)11-3-2-6-15-12(11)13(14)20/h2-3,6,9-10,17H,4-5,7-8H2,1H3,(H2,14,20). The monoisotopic (exact) mass is 329 g/mol. The second kappa shape index (κ2) is 6.35. The molecular weight excluding hydrogens is 310 g/mol. The van der Waals surface area contributed by atoms with Crippen molar-refractivity contribution in [3.63, 3.8) is 0 Å². The number of rotatable bonds is 4. The van der Waals surface area contributed by atoms with Crippen LogP contribution in [0.15, 0.2) is 23.2 Å². The summed E-state index contributed by atoms with van der Waals surface area (Å²) in [7, 11) is -3.67. The molecule has 6 nitrogen and oxygen atoms in total. The number of piperidine rings is 1. The van der Waals surface area contributed by atoms with Gasteiger partial charge in [-0.05, 0) is 37.8 Å². The number of sulfonamides is 1. The molecule has 1 aliphatic rings. The molecule has 0 aliphatic carbocycles. The minimum Gasteiger partial charge on any atom is -0.393 e. The number of aliphatic hydroxyl groups is 1. The maximum absolute atomic E-state index is 12.7. The molecule has 1 saturated heterocycles. The van der Waals surface area contributed by atoms with Crippen LogP contribution < -0.4 is 5.73 Å². The van der Waals surface area contributed by atoms with Gasteiger partial charge in [0, 0.05) is 19.3 Å². The van der Waals surface area contributed by atoms with Crippen molar-refractivity contribution in [1.29, 1.82) is 0 Å². The van der Waals surface area contributed by atoms with Crippen molar-refractivity contribution in [1.82, 2.24) is 9.29 Å². The zero-order chi connectivity index (χ0) is 15.6. The Morgan fingerprint density at radius 2 is 2.14 bits per heavy atom. The van der Waals surface area contributed by atoms with Crippen molar-refractivity contribution in [2.45, 2.75) is 30.8 Å². The fourth-order valence-electron chi connectivity index (χ4n) is 2.52. The Bertz CT molecular complexity index is 623. The number of pyridine rings is 1. The maximum atomic E-state index is 12.7. The first-order chi connectivity index (χ1) is 9.84. The third kappa shape index (κ3) is 3.39. The largest absolute Gasteiger partial charge is 0.393 e. The van der Waals surface area contributed by atoms with Gasteiger partial charge in [-0.1, -0.05) is 12.2 Å². The Hall–Kier alpha value is -1.09. The molecule has 116 valence electrons. The molecule has 0 amide bonds. The van der Waals surface area contributed by atoms with E-state index in [1.165, 1.54) is 16.6 Å². The van der Waals surface area contributed by atoms with Crippen LogP contribution in [0.3, 0.4) is 0 Å². The Morgan fingerprint density at radius 1 is 1.52 bits per heavy atom. The smallest absolute Gasteiger partial charge is 0.245 e. The van der Waals surface area contributed by atoms with E-state index in [0.717, 1.165) is 0 Å². The number of hydrogen-bond acceptors (Lipinski definition) is 5. The first kappa shape index (κ1) is 16.3. The van der Waals surface area contributed by atoms with Crippen LogP contribution in [0.1, 0.15) is 25.5 Å². The summed E-state index contributed by atoms with van der Waals surface area (Å²) < 4.78 is 26.8. The minimum atomic E-state index is -3.67. The molecule has 1 unspecified atom stereocenters. The van der Waals surface area contributed by atoms with Gasteiger partial charge >= 0.3 is 0 Å². The van der Waals surface area contributed by atoms with Crippen LogP contribution >= 0.6 is 12.2 Å². The van der Waals surface area contributed by atoms with Crippen molar-refractivity contribution < 1.29 is 13.5 Å². The Labute approximate surface area is 130 Å². The van der Waals surface area contributed by atoms with E-state index in [-0.39, 0.29) is 21.5 Å². The zero-order valence-electron chi connectivity index (χ0n) is 11.8. The molecule has 21 heavy (non-hydrogen) atoms. The summed E-state index contributed by atoms with van der Waals surface area (Å²) in [6, 6.07) is 3.02. The third-order valence-electron chi connectivity index (χ3n) is 3.80. The first-order valence-corrected chi connectivity index (χ1v) is 8.62. The minimum absolute atomic E-state index is 0.0342. The van der Waals surface area contributed by atoms with Gasteiger partial charge in [-0.2, -0.15) is 4.31 Å². The van der Waals surface area contributed by atoms with E-state index in [2.05, 4.69) is 4.98 Å². The average Bonchev–Trinajstić information content (AvgIpc) is 2.47. The first-order valence-electron chi connectivity index (χ1n) is 6.77. The highest BCUT2D eigenvalue weighted by atomic mass is 32.2. The second-order valence-electron chi connectivity index (χ2n) is 5.20. The predicted octanol–water partition coefficient (Wildman–Crippen LogP) is 0.497. The summed E-state index contributed by atoms with van der Waals surface area (Å²) in [5.74, 6) is 0.139. The lowest BCUT2D eigenvalue weighted by Crippen LogP contribution is -2.41. The molecule has 1 fully saturated rings. The lowest BCUT2D eigenvalue weighted by molar-refractivity contribution is 0.0912. The maximum Gasteiger partial charge on any atom is 0.245 e. The number of nitrogens with two attached hydrogens (primary N) is 1. The lowest BCUT2D eigenvalue weighted by Gasteiger charge is -2.32. The summed E-state index contributed by atoms with van der Waals surface area (Å²) >= 11 is 4.87. The fraction of sp³-hybridized carbons (Fsp3) is 0.538. The topological polar surface area (TPSA) is 96.5 Å². The van der Waals surface area contributed by atoms with Gasteiger partial charge in [0.1, 0.15) is 15.6 Å². The van der Waals surface area contributed by atoms with Gasteiger partial charge in [-0.15, -0.1) is 0 Å². The Kier molecular flexibility index (Phi) is 4.92. The van der Waals surface area contributed by atoms with E-state index < -0.39 is 16.1 Å². The summed E-state index contributed by atoms with van der Waals surface area (Å²) in [5.41, 5.74) is 5.69. The highest BCUT2D eigenvalue weighted by Crippen LogP contribution is 2.26. The van der Waals surface area contributed by atoms with Crippen LogP contribution in [-0.4, -0.2) is 47.0 Å². The van der Waals surface area contributed by atoms with Crippen LogP contribution in [0, 0.1) is 5.92 Å². The van der Waals surface area contributed by atoms with Crippen LogP contribution in [0.5, 0.6) is 0 Å². The molecule has 8 heteroatoms. The van der Waals surface area contributed by atoms with Crippen molar-refractivity contribution in [3.8, 4) is 0 Å². The van der Waals surface area contributed by atoms with Gasteiger partial charge < -0.3 is 10.8 Å². The summed E-state index contributed by atoms with van der Waals surface area (Å²) in [6.45, 7) is 2.49. The van der Waals surface area contributed by atoms with Crippen LogP contribution in [0.2, 0.25) is 0 Å². The van der Waals surface area contributed by atoms with Gasteiger partial charge in [-0.3, -0.25) is 4.98 Å². The number of aliphatic hydroxyl groups excluding tert-OH is 1. The molecule has 0 aromatic carbocycles. The highest BCUT2D eigenvalue weighted by molar-refractivity contribution is 7.89. The van der Waals surface area contributed by atoms with Crippen molar-refractivity contribution in [3.05, 3.63) is 24.0 Å². The zero-order valence-corrected chi connectivity index (χ0v) is 13.4.